The molecule has 0 aromatic heterocycles. The van der Waals surface area contributed by atoms with E-state index in [-0.39, 0.29) is 11.1 Å². The number of nitrogens with zero attached hydrogens (tertiary/aromatic N) is 1. The van der Waals surface area contributed by atoms with E-state index in [4.69, 9.17) is 9.47 Å². The third kappa shape index (κ3) is 2.65. The van der Waals surface area contributed by atoms with E-state index in [1.54, 1.807) is 45.4 Å². The number of hydrogen-bond donors (Lipinski definition) is 0. The highest BCUT2D eigenvalue weighted by molar-refractivity contribution is 8.18. The van der Waals surface area contributed by atoms with Crippen LogP contribution in [-0.4, -0.2) is 36.8 Å². The Balaban J connectivity index is 2.40. The van der Waals surface area contributed by atoms with Gasteiger partial charge in [0.1, 0.15) is 11.5 Å². The Morgan fingerprint density at radius 1 is 1.25 bits per heavy atom. The van der Waals surface area contributed by atoms with Crippen molar-refractivity contribution in [3.05, 3.63) is 28.7 Å². The molecule has 20 heavy (non-hydrogen) atoms. The molecule has 5 nitrogen and oxygen atoms in total. The number of carbonyl (C=O) groups is 2. The van der Waals surface area contributed by atoms with Gasteiger partial charge in [-0.05, 0) is 43.0 Å². The topological polar surface area (TPSA) is 55.8 Å². The molecule has 0 spiro atoms. The van der Waals surface area contributed by atoms with Crippen molar-refractivity contribution in [1.29, 1.82) is 0 Å². The minimum absolute atomic E-state index is 0.245. The summed E-state index contributed by atoms with van der Waals surface area (Å²) in [7, 11) is 3.12. The smallest absolute Gasteiger partial charge is 0.293 e. The van der Waals surface area contributed by atoms with Crippen LogP contribution in [0.5, 0.6) is 11.5 Å². The third-order valence-electron chi connectivity index (χ3n) is 2.91. The van der Waals surface area contributed by atoms with Crippen LogP contribution in [0.25, 0.3) is 6.08 Å². The molecule has 1 saturated heterocycles. The van der Waals surface area contributed by atoms with Gasteiger partial charge < -0.3 is 9.47 Å². The van der Waals surface area contributed by atoms with Gasteiger partial charge in [-0.1, -0.05) is 0 Å². The number of rotatable bonds is 4. The number of methoxy groups -OCH3 is 2. The number of benzene rings is 1. The zero-order valence-electron chi connectivity index (χ0n) is 11.5. The maximum atomic E-state index is 12.0. The summed E-state index contributed by atoms with van der Waals surface area (Å²) in [5.41, 5.74) is 0.702. The van der Waals surface area contributed by atoms with Crippen molar-refractivity contribution in [1.82, 2.24) is 4.90 Å². The number of likely N-dealkylation sites (N-methyl/N-ethyl adjacent to an activating group) is 1. The van der Waals surface area contributed by atoms with Crippen molar-refractivity contribution in [3.8, 4) is 11.5 Å². The Kier molecular flexibility index (Phi) is 4.34. The monoisotopic (exact) mass is 293 g/mol. The molecule has 2 rings (SSSR count). The molecule has 1 aromatic rings. The second-order valence-corrected chi connectivity index (χ2v) is 5.03. The fourth-order valence-electron chi connectivity index (χ4n) is 1.87. The Morgan fingerprint density at radius 3 is 2.55 bits per heavy atom. The molecule has 2 amide bonds. The Bertz CT molecular complexity index is 583. The molecule has 0 saturated carbocycles. The highest BCUT2D eigenvalue weighted by Gasteiger charge is 2.33. The van der Waals surface area contributed by atoms with Gasteiger partial charge in [-0.15, -0.1) is 0 Å². The van der Waals surface area contributed by atoms with Crippen LogP contribution in [0.3, 0.4) is 0 Å². The van der Waals surface area contributed by atoms with Gasteiger partial charge in [0.15, 0.2) is 0 Å². The molecule has 1 aliphatic rings. The highest BCUT2D eigenvalue weighted by Crippen LogP contribution is 2.34. The van der Waals surface area contributed by atoms with Gasteiger partial charge in [0.25, 0.3) is 11.1 Å². The average molecular weight is 293 g/mol. The minimum atomic E-state index is -0.271. The van der Waals surface area contributed by atoms with Crippen molar-refractivity contribution >= 4 is 29.0 Å². The van der Waals surface area contributed by atoms with Gasteiger partial charge >= 0.3 is 0 Å². The van der Waals surface area contributed by atoms with E-state index in [1.807, 2.05) is 0 Å². The first kappa shape index (κ1) is 14.5. The van der Waals surface area contributed by atoms with Crippen LogP contribution >= 0.6 is 11.8 Å². The molecule has 0 unspecified atom stereocenters. The summed E-state index contributed by atoms with van der Waals surface area (Å²) in [6.07, 6.45) is 1.65. The van der Waals surface area contributed by atoms with Crippen LogP contribution in [0.2, 0.25) is 0 Å². The summed E-state index contributed by atoms with van der Waals surface area (Å²) in [5, 5.41) is -0.245. The first-order chi connectivity index (χ1) is 9.60. The zero-order chi connectivity index (χ0) is 14.7. The standard InChI is InChI=1S/C14H15NO4S/c1-4-15-13(16)12(20-14(15)17)8-9-7-10(18-2)5-6-11(9)19-3/h5-8H,4H2,1-3H3. The SMILES string of the molecule is CCN1C(=O)SC(=Cc2cc(OC)ccc2OC)C1=O. The van der Waals surface area contributed by atoms with E-state index in [9.17, 15) is 9.59 Å². The first-order valence-corrected chi connectivity index (χ1v) is 6.89. The summed E-state index contributed by atoms with van der Waals surface area (Å²) >= 11 is 0.936. The number of amides is 2. The molecular weight excluding hydrogens is 278 g/mol. The van der Waals surface area contributed by atoms with Crippen molar-refractivity contribution in [3.63, 3.8) is 0 Å². The molecule has 6 heteroatoms. The van der Waals surface area contributed by atoms with E-state index in [0.29, 0.717) is 28.5 Å². The quantitative estimate of drug-likeness (QED) is 0.799. The normalized spacial score (nSPS) is 16.9. The fraction of sp³-hybridized carbons (Fsp3) is 0.286. The third-order valence-corrected chi connectivity index (χ3v) is 3.82. The number of ether oxygens (including phenoxy) is 2. The molecule has 1 aromatic carbocycles. The second kappa shape index (κ2) is 6.00. The van der Waals surface area contributed by atoms with Gasteiger partial charge in [-0.2, -0.15) is 0 Å². The molecule has 1 aliphatic heterocycles. The molecule has 0 radical (unpaired) electrons. The van der Waals surface area contributed by atoms with E-state index in [2.05, 4.69) is 0 Å². The van der Waals surface area contributed by atoms with E-state index < -0.39 is 0 Å². The summed E-state index contributed by atoms with van der Waals surface area (Å²) in [6, 6.07) is 5.29. The fourth-order valence-corrected chi connectivity index (χ4v) is 2.76. The molecule has 1 heterocycles. The zero-order valence-corrected chi connectivity index (χ0v) is 12.3. The maximum Gasteiger partial charge on any atom is 0.293 e. The molecular formula is C14H15NO4S. The van der Waals surface area contributed by atoms with Gasteiger partial charge in [-0.25, -0.2) is 0 Å². The van der Waals surface area contributed by atoms with E-state index in [1.165, 1.54) is 4.90 Å². The van der Waals surface area contributed by atoms with Crippen LogP contribution in [0.4, 0.5) is 4.79 Å². The van der Waals surface area contributed by atoms with Crippen molar-refractivity contribution in [2.45, 2.75) is 6.92 Å². The average Bonchev–Trinajstić information content (AvgIpc) is 2.72. The number of carbonyl (C=O) groups excluding carboxylic acids is 2. The number of thioether (sulfide) groups is 1. The molecule has 0 atom stereocenters. The number of hydrogen-bond acceptors (Lipinski definition) is 5. The van der Waals surface area contributed by atoms with Crippen molar-refractivity contribution in [2.75, 3.05) is 20.8 Å². The first-order valence-electron chi connectivity index (χ1n) is 6.08. The summed E-state index contributed by atoms with van der Waals surface area (Å²) in [4.78, 5) is 25.3. The largest absolute Gasteiger partial charge is 0.497 e. The number of imide groups is 1. The van der Waals surface area contributed by atoms with Crippen LogP contribution < -0.4 is 9.47 Å². The lowest BCUT2D eigenvalue weighted by Gasteiger charge is -2.08. The van der Waals surface area contributed by atoms with Gasteiger partial charge in [-0.3, -0.25) is 14.5 Å². The maximum absolute atomic E-state index is 12.0. The lowest BCUT2D eigenvalue weighted by atomic mass is 10.1. The van der Waals surface area contributed by atoms with Gasteiger partial charge in [0.2, 0.25) is 0 Å². The van der Waals surface area contributed by atoms with Crippen LogP contribution in [0.1, 0.15) is 12.5 Å². The van der Waals surface area contributed by atoms with Crippen molar-refractivity contribution < 1.29 is 19.1 Å². The summed E-state index contributed by atoms with van der Waals surface area (Å²) < 4.78 is 10.4. The Morgan fingerprint density at radius 2 is 2.00 bits per heavy atom. The molecule has 0 aliphatic carbocycles. The van der Waals surface area contributed by atoms with Gasteiger partial charge in [0, 0.05) is 12.1 Å². The summed E-state index contributed by atoms with van der Waals surface area (Å²) in [6.45, 7) is 2.14. The summed E-state index contributed by atoms with van der Waals surface area (Å²) in [5.74, 6) is 1.01. The Labute approximate surface area is 121 Å². The van der Waals surface area contributed by atoms with Crippen LogP contribution in [0.15, 0.2) is 23.1 Å². The predicted molar refractivity (Wildman–Crippen MR) is 77.9 cm³/mol. The predicted octanol–water partition coefficient (Wildman–Crippen LogP) is 2.76. The lowest BCUT2D eigenvalue weighted by molar-refractivity contribution is -0.122. The second-order valence-electron chi connectivity index (χ2n) is 4.03. The van der Waals surface area contributed by atoms with E-state index >= 15 is 0 Å². The minimum Gasteiger partial charge on any atom is -0.497 e. The molecule has 0 bridgehead atoms. The van der Waals surface area contributed by atoms with Crippen molar-refractivity contribution in [2.24, 2.45) is 0 Å². The Hall–Kier alpha value is -1.95. The van der Waals surface area contributed by atoms with Crippen LogP contribution in [-0.2, 0) is 4.79 Å². The molecule has 1 fully saturated rings. The molecule has 106 valence electrons. The lowest BCUT2D eigenvalue weighted by Crippen LogP contribution is -2.27. The molecule has 0 N–H and O–H groups in total. The van der Waals surface area contributed by atoms with Crippen LogP contribution in [0, 0.1) is 0 Å². The van der Waals surface area contributed by atoms with E-state index in [0.717, 1.165) is 11.8 Å². The van der Waals surface area contributed by atoms with Gasteiger partial charge in [0.05, 0.1) is 19.1 Å². The highest BCUT2D eigenvalue weighted by atomic mass is 32.2.